The molecule has 4 heteroatoms. The molecular formula is C16H13FN2S. The SMILES string of the molecule is CSc1cncc(-c2nc3ccccc3c(F)c2C)c1. The van der Waals surface area contributed by atoms with E-state index in [0.717, 1.165) is 10.5 Å². The molecule has 2 nitrogen and oxygen atoms in total. The fourth-order valence-electron chi connectivity index (χ4n) is 2.21. The molecule has 3 aromatic rings. The van der Waals surface area contributed by atoms with E-state index in [2.05, 4.69) is 9.97 Å². The van der Waals surface area contributed by atoms with Crippen LogP contribution in [0, 0.1) is 12.7 Å². The van der Waals surface area contributed by atoms with Crippen LogP contribution in [0.1, 0.15) is 5.56 Å². The van der Waals surface area contributed by atoms with Gasteiger partial charge in [0.2, 0.25) is 0 Å². The second-order valence-corrected chi connectivity index (χ2v) is 5.41. The molecular weight excluding hydrogens is 271 g/mol. The van der Waals surface area contributed by atoms with E-state index in [4.69, 9.17) is 0 Å². The molecule has 0 saturated heterocycles. The summed E-state index contributed by atoms with van der Waals surface area (Å²) in [6.07, 6.45) is 5.51. The Hall–Kier alpha value is -1.94. The van der Waals surface area contributed by atoms with E-state index < -0.39 is 0 Å². The maximum Gasteiger partial charge on any atom is 0.137 e. The van der Waals surface area contributed by atoms with Crippen LogP contribution in [0.2, 0.25) is 0 Å². The molecule has 2 heterocycles. The molecule has 2 aromatic heterocycles. The number of thioether (sulfide) groups is 1. The number of benzene rings is 1. The molecule has 0 aliphatic rings. The van der Waals surface area contributed by atoms with Gasteiger partial charge in [0.15, 0.2) is 0 Å². The van der Waals surface area contributed by atoms with Gasteiger partial charge >= 0.3 is 0 Å². The molecule has 0 aliphatic carbocycles. The van der Waals surface area contributed by atoms with Gasteiger partial charge in [0.1, 0.15) is 5.82 Å². The topological polar surface area (TPSA) is 25.8 Å². The number of fused-ring (bicyclic) bond motifs is 1. The van der Waals surface area contributed by atoms with Gasteiger partial charge in [-0.15, -0.1) is 11.8 Å². The number of para-hydroxylation sites is 1. The molecule has 0 fully saturated rings. The maximum atomic E-state index is 14.5. The van der Waals surface area contributed by atoms with E-state index in [1.165, 1.54) is 0 Å². The van der Waals surface area contributed by atoms with Gasteiger partial charge < -0.3 is 0 Å². The summed E-state index contributed by atoms with van der Waals surface area (Å²) in [7, 11) is 0. The summed E-state index contributed by atoms with van der Waals surface area (Å²) in [4.78, 5) is 9.83. The zero-order chi connectivity index (χ0) is 14.1. The Balaban J connectivity index is 2.28. The second kappa shape index (κ2) is 5.21. The number of pyridine rings is 2. The Kier molecular flexibility index (Phi) is 3.40. The summed E-state index contributed by atoms with van der Waals surface area (Å²) in [5.41, 5.74) is 2.73. The fraction of sp³-hybridized carbons (Fsp3) is 0.125. The highest BCUT2D eigenvalue weighted by atomic mass is 32.2. The average molecular weight is 284 g/mol. The highest BCUT2D eigenvalue weighted by molar-refractivity contribution is 7.98. The number of halogens is 1. The maximum absolute atomic E-state index is 14.5. The summed E-state index contributed by atoms with van der Waals surface area (Å²) >= 11 is 1.61. The van der Waals surface area contributed by atoms with Crippen molar-refractivity contribution in [3.63, 3.8) is 0 Å². The first-order chi connectivity index (χ1) is 9.70. The zero-order valence-electron chi connectivity index (χ0n) is 11.2. The quantitative estimate of drug-likeness (QED) is 0.649. The Morgan fingerprint density at radius 1 is 1.15 bits per heavy atom. The Bertz CT molecular complexity index is 787. The number of hydrogen-bond acceptors (Lipinski definition) is 3. The minimum atomic E-state index is -0.208. The second-order valence-electron chi connectivity index (χ2n) is 4.53. The van der Waals surface area contributed by atoms with Crippen LogP contribution in [-0.2, 0) is 0 Å². The van der Waals surface area contributed by atoms with Crippen LogP contribution in [0.4, 0.5) is 4.39 Å². The fourth-order valence-corrected chi connectivity index (χ4v) is 2.62. The van der Waals surface area contributed by atoms with Crippen LogP contribution in [0.5, 0.6) is 0 Å². The minimum Gasteiger partial charge on any atom is -0.263 e. The van der Waals surface area contributed by atoms with E-state index in [0.29, 0.717) is 22.2 Å². The van der Waals surface area contributed by atoms with Gasteiger partial charge in [-0.05, 0) is 31.4 Å². The summed E-state index contributed by atoms with van der Waals surface area (Å²) in [6, 6.07) is 9.26. The van der Waals surface area contributed by atoms with E-state index >= 15 is 0 Å². The molecule has 0 atom stereocenters. The molecule has 0 spiro atoms. The lowest BCUT2D eigenvalue weighted by Crippen LogP contribution is -1.96. The Labute approximate surface area is 121 Å². The van der Waals surface area contributed by atoms with Gasteiger partial charge in [0.25, 0.3) is 0 Å². The Morgan fingerprint density at radius 2 is 1.95 bits per heavy atom. The van der Waals surface area contributed by atoms with Crippen LogP contribution in [0.25, 0.3) is 22.2 Å². The molecule has 0 amide bonds. The van der Waals surface area contributed by atoms with Gasteiger partial charge in [-0.2, -0.15) is 0 Å². The van der Waals surface area contributed by atoms with E-state index in [9.17, 15) is 4.39 Å². The number of nitrogens with zero attached hydrogens (tertiary/aromatic N) is 2. The molecule has 0 saturated carbocycles. The van der Waals surface area contributed by atoms with Gasteiger partial charge in [0, 0.05) is 33.8 Å². The monoisotopic (exact) mass is 284 g/mol. The largest absolute Gasteiger partial charge is 0.263 e. The zero-order valence-corrected chi connectivity index (χ0v) is 12.0. The van der Waals surface area contributed by atoms with Gasteiger partial charge in [-0.25, -0.2) is 9.37 Å². The van der Waals surface area contributed by atoms with Crippen molar-refractivity contribution in [1.29, 1.82) is 0 Å². The first-order valence-corrected chi connectivity index (χ1v) is 7.47. The molecule has 1 aromatic carbocycles. The number of hydrogen-bond donors (Lipinski definition) is 0. The van der Waals surface area contributed by atoms with Gasteiger partial charge in [0.05, 0.1) is 11.2 Å². The first kappa shape index (κ1) is 13.1. The molecule has 0 aliphatic heterocycles. The van der Waals surface area contributed by atoms with Crippen molar-refractivity contribution in [2.75, 3.05) is 6.26 Å². The summed E-state index contributed by atoms with van der Waals surface area (Å²) in [5.74, 6) is -0.208. The van der Waals surface area contributed by atoms with Crippen LogP contribution in [0.15, 0.2) is 47.6 Å². The van der Waals surface area contributed by atoms with Crippen molar-refractivity contribution in [3.05, 3.63) is 54.1 Å². The lowest BCUT2D eigenvalue weighted by atomic mass is 10.0. The van der Waals surface area contributed by atoms with Gasteiger partial charge in [-0.1, -0.05) is 12.1 Å². The minimum absolute atomic E-state index is 0.208. The lowest BCUT2D eigenvalue weighted by Gasteiger charge is -2.09. The predicted molar refractivity (Wildman–Crippen MR) is 81.5 cm³/mol. The highest BCUT2D eigenvalue weighted by Gasteiger charge is 2.13. The molecule has 0 N–H and O–H groups in total. The van der Waals surface area contributed by atoms with Crippen LogP contribution >= 0.6 is 11.8 Å². The smallest absolute Gasteiger partial charge is 0.137 e. The highest BCUT2D eigenvalue weighted by Crippen LogP contribution is 2.29. The third-order valence-corrected chi connectivity index (χ3v) is 3.97. The van der Waals surface area contributed by atoms with E-state index in [1.54, 1.807) is 37.1 Å². The summed E-state index contributed by atoms with van der Waals surface area (Å²) in [5, 5.41) is 0.558. The number of rotatable bonds is 2. The third kappa shape index (κ3) is 2.16. The van der Waals surface area contributed by atoms with Crippen LogP contribution < -0.4 is 0 Å². The summed E-state index contributed by atoms with van der Waals surface area (Å²) < 4.78 is 14.5. The van der Waals surface area contributed by atoms with E-state index in [-0.39, 0.29) is 5.82 Å². The molecule has 100 valence electrons. The van der Waals surface area contributed by atoms with Crippen molar-refractivity contribution in [1.82, 2.24) is 9.97 Å². The third-order valence-electron chi connectivity index (χ3n) is 3.28. The lowest BCUT2D eigenvalue weighted by molar-refractivity contribution is 0.630. The molecule has 0 bridgehead atoms. The van der Waals surface area contributed by atoms with Crippen molar-refractivity contribution >= 4 is 22.7 Å². The standard InChI is InChI=1S/C16H13FN2S/c1-10-15(17)13-5-3-4-6-14(13)19-16(10)11-7-12(20-2)9-18-8-11/h3-9H,1-2H3. The molecule has 20 heavy (non-hydrogen) atoms. The average Bonchev–Trinajstić information content (AvgIpc) is 2.51. The first-order valence-electron chi connectivity index (χ1n) is 6.25. The van der Waals surface area contributed by atoms with Crippen molar-refractivity contribution < 1.29 is 4.39 Å². The van der Waals surface area contributed by atoms with Crippen LogP contribution in [-0.4, -0.2) is 16.2 Å². The van der Waals surface area contributed by atoms with Crippen molar-refractivity contribution in [2.45, 2.75) is 11.8 Å². The predicted octanol–water partition coefficient (Wildman–Crippen LogP) is 4.47. The Morgan fingerprint density at radius 3 is 2.75 bits per heavy atom. The summed E-state index contributed by atoms with van der Waals surface area (Å²) in [6.45, 7) is 1.76. The molecule has 0 unspecified atom stereocenters. The number of aromatic nitrogens is 2. The normalized spacial score (nSPS) is 10.9. The molecule has 0 radical (unpaired) electrons. The van der Waals surface area contributed by atoms with Gasteiger partial charge in [-0.3, -0.25) is 4.98 Å². The van der Waals surface area contributed by atoms with E-state index in [1.807, 2.05) is 30.5 Å². The van der Waals surface area contributed by atoms with Crippen LogP contribution in [0.3, 0.4) is 0 Å². The molecule has 3 rings (SSSR count). The van der Waals surface area contributed by atoms with Crippen molar-refractivity contribution in [2.24, 2.45) is 0 Å². The van der Waals surface area contributed by atoms with Crippen molar-refractivity contribution in [3.8, 4) is 11.3 Å².